The maximum absolute atomic E-state index is 5.70. The zero-order chi connectivity index (χ0) is 56.4. The number of nitrogens with zero attached hydrogens (tertiary/aromatic N) is 7. The van der Waals surface area contributed by atoms with Crippen molar-refractivity contribution in [1.82, 2.24) is 33.2 Å². The Labute approximate surface area is 493 Å². The Morgan fingerprint density at radius 2 is 0.593 bits per heavy atom. The van der Waals surface area contributed by atoms with Crippen LogP contribution >= 0.6 is 0 Å². The fraction of sp³-hybridized carbons (Fsp3) is 0. The summed E-state index contributed by atoms with van der Waals surface area (Å²) in [7, 11) is 0. The van der Waals surface area contributed by atoms with Crippen molar-refractivity contribution < 1.29 is 0 Å². The van der Waals surface area contributed by atoms with E-state index in [1.807, 2.05) is 6.20 Å². The minimum Gasteiger partial charge on any atom is -0.309 e. The van der Waals surface area contributed by atoms with Crippen LogP contribution in [0, 0.1) is 0 Å². The van der Waals surface area contributed by atoms with E-state index >= 15 is 0 Å². The fourth-order valence-electron chi connectivity index (χ4n) is 13.8. The normalized spacial score (nSPS) is 12.0. The Balaban J connectivity index is 0.842. The molecule has 0 radical (unpaired) electrons. The second-order valence-electron chi connectivity index (χ2n) is 22.3. The highest BCUT2D eigenvalue weighted by atomic mass is 15.1. The van der Waals surface area contributed by atoms with Crippen molar-refractivity contribution in [3.63, 3.8) is 0 Å². The predicted molar refractivity (Wildman–Crippen MR) is 356 cm³/mol. The molecule has 0 spiro atoms. The van der Waals surface area contributed by atoms with Crippen molar-refractivity contribution in [2.75, 3.05) is 0 Å². The summed E-state index contributed by atoms with van der Waals surface area (Å²) in [6.45, 7) is 0. The van der Waals surface area contributed by atoms with Gasteiger partial charge in [0.05, 0.1) is 49.8 Å². The van der Waals surface area contributed by atoms with Gasteiger partial charge in [-0.1, -0.05) is 188 Å². The number of benzene rings is 12. The minimum atomic E-state index is 0.610. The topological polar surface area (TPSA) is 58.4 Å². The summed E-state index contributed by atoms with van der Waals surface area (Å²) in [4.78, 5) is 16.7. The van der Waals surface area contributed by atoms with E-state index in [4.69, 9.17) is 15.0 Å². The van der Waals surface area contributed by atoms with Gasteiger partial charge in [0.1, 0.15) is 11.0 Å². The number of pyridine rings is 1. The van der Waals surface area contributed by atoms with Gasteiger partial charge in [0.15, 0.2) is 11.6 Å². The SMILES string of the molecule is c1ccc(-c2ccccc2-c2nc(-n3c4ccccc4c4cc(-c5ccc6c(c5)c5ccccc5n6-c5ccccc5)ccc43)c3nccc(-n4c5ccccc5c5cc(-c6ccc7c(c6)c6ccccc6n7-c6ccccc6)ccc54)c3n2)cc1. The first kappa shape index (κ1) is 47.9. The standard InChI is InChI=1S/C79H49N7/c1-4-20-50(21-5-1)57-26-10-11-31-62(57)78-81-76-75(85-69-34-18-14-29-60(69)65-48-53(38-42-73(65)85)51-36-40-71-63(46-51)58-27-12-16-32-67(58)83(71)55-22-6-2-7-23-55)44-45-80-77(76)79(82-78)86-70-35-19-15-30-61(70)66-49-54(39-43-74(66)86)52-37-41-72-64(47-52)59-28-13-17-33-68(59)84(72)56-24-8-3-9-25-56/h1-49H. The number of hydrogen-bond acceptors (Lipinski definition) is 3. The summed E-state index contributed by atoms with van der Waals surface area (Å²) in [6, 6.07) is 105. The molecule has 86 heavy (non-hydrogen) atoms. The highest BCUT2D eigenvalue weighted by Gasteiger charge is 2.25. The van der Waals surface area contributed by atoms with E-state index in [1.54, 1.807) is 0 Å². The lowest BCUT2D eigenvalue weighted by atomic mass is 9.99. The molecule has 0 amide bonds. The molecular weight excluding hydrogens is 1050 g/mol. The van der Waals surface area contributed by atoms with Crippen LogP contribution < -0.4 is 0 Å². The molecule has 18 aromatic rings. The van der Waals surface area contributed by atoms with Crippen LogP contribution in [0.2, 0.25) is 0 Å². The van der Waals surface area contributed by atoms with Gasteiger partial charge in [-0.2, -0.15) is 0 Å². The average Bonchev–Trinajstić information content (AvgIpc) is 1.78. The van der Waals surface area contributed by atoms with Gasteiger partial charge in [-0.25, -0.2) is 9.97 Å². The molecule has 0 bridgehead atoms. The summed E-state index contributed by atoms with van der Waals surface area (Å²) in [6.07, 6.45) is 1.93. The van der Waals surface area contributed by atoms with E-state index in [-0.39, 0.29) is 0 Å². The second-order valence-corrected chi connectivity index (χ2v) is 22.3. The Bertz CT molecular complexity index is 5770. The quantitative estimate of drug-likeness (QED) is 0.152. The fourth-order valence-corrected chi connectivity index (χ4v) is 13.8. The monoisotopic (exact) mass is 1100 g/mol. The predicted octanol–water partition coefficient (Wildman–Crippen LogP) is 20.1. The summed E-state index contributed by atoms with van der Waals surface area (Å²) >= 11 is 0. The van der Waals surface area contributed by atoms with Crippen molar-refractivity contribution >= 4 is 98.3 Å². The largest absolute Gasteiger partial charge is 0.309 e. The first-order chi connectivity index (χ1) is 42.7. The molecule has 0 aliphatic carbocycles. The van der Waals surface area contributed by atoms with Crippen molar-refractivity contribution in [3.8, 4) is 67.6 Å². The van der Waals surface area contributed by atoms with Crippen LogP contribution in [0.1, 0.15) is 0 Å². The third-order valence-electron chi connectivity index (χ3n) is 17.6. The second kappa shape index (κ2) is 18.9. The smallest absolute Gasteiger partial charge is 0.168 e. The maximum Gasteiger partial charge on any atom is 0.168 e. The maximum atomic E-state index is 5.70. The van der Waals surface area contributed by atoms with Crippen LogP contribution in [0.4, 0.5) is 0 Å². The van der Waals surface area contributed by atoms with Gasteiger partial charge >= 0.3 is 0 Å². The minimum absolute atomic E-state index is 0.610. The van der Waals surface area contributed by atoms with Gasteiger partial charge < -0.3 is 13.7 Å². The molecule has 12 aromatic carbocycles. The van der Waals surface area contributed by atoms with E-state index < -0.39 is 0 Å². The van der Waals surface area contributed by atoms with Crippen LogP contribution in [0.5, 0.6) is 0 Å². The van der Waals surface area contributed by atoms with Crippen LogP contribution in [-0.4, -0.2) is 33.2 Å². The van der Waals surface area contributed by atoms with Gasteiger partial charge in [-0.15, -0.1) is 0 Å². The Morgan fingerprint density at radius 1 is 0.233 bits per heavy atom. The number of hydrogen-bond donors (Lipinski definition) is 0. The lowest BCUT2D eigenvalue weighted by Gasteiger charge is -2.17. The van der Waals surface area contributed by atoms with Gasteiger partial charge in [0.2, 0.25) is 0 Å². The molecule has 0 fully saturated rings. The highest BCUT2D eigenvalue weighted by molar-refractivity contribution is 6.16. The van der Waals surface area contributed by atoms with Crippen LogP contribution in [0.3, 0.4) is 0 Å². The first-order valence-corrected chi connectivity index (χ1v) is 29.3. The molecule has 0 aliphatic rings. The van der Waals surface area contributed by atoms with E-state index in [0.717, 1.165) is 105 Å². The molecule has 7 nitrogen and oxygen atoms in total. The van der Waals surface area contributed by atoms with Crippen LogP contribution in [-0.2, 0) is 0 Å². The molecule has 0 aliphatic heterocycles. The Kier molecular flexibility index (Phi) is 10.6. The van der Waals surface area contributed by atoms with E-state index in [2.05, 4.69) is 309 Å². The zero-order valence-corrected chi connectivity index (χ0v) is 46.4. The lowest BCUT2D eigenvalue weighted by Crippen LogP contribution is -2.07. The molecule has 0 N–H and O–H groups in total. The first-order valence-electron chi connectivity index (χ1n) is 29.3. The van der Waals surface area contributed by atoms with Crippen molar-refractivity contribution in [2.45, 2.75) is 0 Å². The van der Waals surface area contributed by atoms with E-state index in [9.17, 15) is 0 Å². The van der Waals surface area contributed by atoms with Crippen molar-refractivity contribution in [2.24, 2.45) is 0 Å². The zero-order valence-electron chi connectivity index (χ0n) is 46.4. The average molecular weight is 1100 g/mol. The number of fused-ring (bicyclic) bond motifs is 13. The summed E-state index contributed by atoms with van der Waals surface area (Å²) in [5.74, 6) is 1.31. The molecule has 0 saturated heterocycles. The molecule has 0 saturated carbocycles. The van der Waals surface area contributed by atoms with Gasteiger partial charge in [0.25, 0.3) is 0 Å². The van der Waals surface area contributed by atoms with E-state index in [0.29, 0.717) is 17.2 Å². The number of rotatable bonds is 8. The van der Waals surface area contributed by atoms with Crippen molar-refractivity contribution in [3.05, 3.63) is 297 Å². The molecule has 0 atom stereocenters. The molecular formula is C79H49N7. The van der Waals surface area contributed by atoms with Gasteiger partial charge in [0, 0.05) is 66.2 Å². The third-order valence-corrected chi connectivity index (χ3v) is 17.6. The van der Waals surface area contributed by atoms with Crippen LogP contribution in [0.15, 0.2) is 297 Å². The highest BCUT2D eigenvalue weighted by Crippen LogP contribution is 2.43. The number of para-hydroxylation sites is 6. The Hall–Kier alpha value is -11.7. The lowest BCUT2D eigenvalue weighted by molar-refractivity contribution is 1.05. The number of aromatic nitrogens is 7. The van der Waals surface area contributed by atoms with Crippen LogP contribution in [0.25, 0.3) is 166 Å². The van der Waals surface area contributed by atoms with Gasteiger partial charge in [-0.05, 0) is 137 Å². The van der Waals surface area contributed by atoms with Gasteiger partial charge in [-0.3, -0.25) is 9.55 Å². The summed E-state index contributed by atoms with van der Waals surface area (Å²) in [5.41, 5.74) is 21.2. The molecule has 6 aromatic heterocycles. The molecule has 18 rings (SSSR count). The molecule has 400 valence electrons. The molecule has 6 heterocycles. The van der Waals surface area contributed by atoms with E-state index in [1.165, 1.54) is 43.6 Å². The summed E-state index contributed by atoms with van der Waals surface area (Å²) < 4.78 is 9.43. The van der Waals surface area contributed by atoms with Crippen molar-refractivity contribution in [1.29, 1.82) is 0 Å². The summed E-state index contributed by atoms with van der Waals surface area (Å²) in [5, 5.41) is 9.44. The Morgan fingerprint density at radius 3 is 1.07 bits per heavy atom. The molecule has 0 unspecified atom stereocenters. The molecule has 7 heteroatoms. The third kappa shape index (κ3) is 7.25.